The summed E-state index contributed by atoms with van der Waals surface area (Å²) in [5, 5.41) is 2.69. The van der Waals surface area contributed by atoms with Crippen molar-refractivity contribution < 1.29 is 31.2 Å². The van der Waals surface area contributed by atoms with E-state index in [1.54, 1.807) is 30.3 Å². The first-order chi connectivity index (χ1) is 20.8. The van der Waals surface area contributed by atoms with E-state index in [0.29, 0.717) is 21.0 Å². The first-order valence-electron chi connectivity index (χ1n) is 14.1. The number of benzene rings is 3. The lowest BCUT2D eigenvalue weighted by Gasteiger charge is -2.33. The molecule has 4 rings (SSSR count). The van der Waals surface area contributed by atoms with Gasteiger partial charge in [0.1, 0.15) is 12.6 Å². The number of nitrogens with one attached hydrogen (secondary N) is 1. The summed E-state index contributed by atoms with van der Waals surface area (Å²) < 4.78 is 69.7. The zero-order valence-electron chi connectivity index (χ0n) is 23.9. The fourth-order valence-electron chi connectivity index (χ4n) is 5.10. The minimum absolute atomic E-state index is 0.0548. The molecule has 0 bridgehead atoms. The molecule has 0 spiro atoms. The van der Waals surface area contributed by atoms with Crippen LogP contribution in [-0.4, -0.2) is 43.8 Å². The van der Waals surface area contributed by atoms with Crippen LogP contribution in [0, 0.1) is 0 Å². The highest BCUT2D eigenvalue weighted by molar-refractivity contribution is 7.92. The molecule has 44 heavy (non-hydrogen) atoms. The summed E-state index contributed by atoms with van der Waals surface area (Å²) in [6.07, 6.45) is -0.271. The molecule has 1 atom stereocenters. The number of hydrogen-bond acceptors (Lipinski definition) is 4. The van der Waals surface area contributed by atoms with Crippen LogP contribution in [0.1, 0.15) is 50.2 Å². The number of hydrogen-bond donors (Lipinski definition) is 1. The van der Waals surface area contributed by atoms with Crippen molar-refractivity contribution in [2.45, 2.75) is 68.7 Å². The van der Waals surface area contributed by atoms with Gasteiger partial charge in [-0.25, -0.2) is 8.42 Å². The Balaban J connectivity index is 1.74. The number of alkyl halides is 3. The van der Waals surface area contributed by atoms with E-state index < -0.39 is 56.9 Å². The topological polar surface area (TPSA) is 86.8 Å². The van der Waals surface area contributed by atoms with Gasteiger partial charge < -0.3 is 10.2 Å². The molecule has 3 aromatic rings. The van der Waals surface area contributed by atoms with Gasteiger partial charge in [-0.05, 0) is 61.7 Å². The Kier molecular flexibility index (Phi) is 10.9. The Bertz CT molecular complexity index is 1580. The van der Waals surface area contributed by atoms with E-state index in [1.807, 2.05) is 0 Å². The SMILES string of the molecule is CC(C(=O)NC1CCCCC1)N(Cc1ccccc1Cl)C(=O)CN(c1ccc(Cl)c(C(F)(F)F)c1)S(=O)(=O)c1ccccc1. The van der Waals surface area contributed by atoms with E-state index >= 15 is 0 Å². The van der Waals surface area contributed by atoms with Gasteiger partial charge >= 0.3 is 6.18 Å². The van der Waals surface area contributed by atoms with E-state index in [2.05, 4.69) is 5.32 Å². The van der Waals surface area contributed by atoms with E-state index in [9.17, 15) is 31.2 Å². The summed E-state index contributed by atoms with van der Waals surface area (Å²) >= 11 is 12.2. The number of nitrogens with zero attached hydrogens (tertiary/aromatic N) is 2. The third kappa shape index (κ3) is 8.05. The fourth-order valence-corrected chi connectivity index (χ4v) is 6.94. The lowest BCUT2D eigenvalue weighted by molar-refractivity contribution is -0.139. The van der Waals surface area contributed by atoms with E-state index in [1.165, 1.54) is 36.1 Å². The van der Waals surface area contributed by atoms with E-state index in [0.717, 1.165) is 44.2 Å². The number of sulfonamides is 1. The van der Waals surface area contributed by atoms with Gasteiger partial charge in [-0.2, -0.15) is 13.2 Å². The molecule has 2 amide bonds. The van der Waals surface area contributed by atoms with E-state index in [4.69, 9.17) is 23.2 Å². The second-order valence-electron chi connectivity index (χ2n) is 10.6. The molecule has 1 N–H and O–H groups in total. The highest BCUT2D eigenvalue weighted by Crippen LogP contribution is 2.38. The maximum Gasteiger partial charge on any atom is 0.417 e. The second kappa shape index (κ2) is 14.2. The van der Waals surface area contributed by atoms with Crippen LogP contribution in [-0.2, 0) is 32.3 Å². The minimum atomic E-state index is -4.89. The Morgan fingerprint density at radius 3 is 2.20 bits per heavy atom. The first-order valence-corrected chi connectivity index (χ1v) is 16.3. The van der Waals surface area contributed by atoms with Gasteiger partial charge in [0.2, 0.25) is 11.8 Å². The van der Waals surface area contributed by atoms with Gasteiger partial charge in [0.15, 0.2) is 0 Å². The van der Waals surface area contributed by atoms with Crippen LogP contribution in [0.3, 0.4) is 0 Å². The normalized spacial score (nSPS) is 15.0. The van der Waals surface area contributed by atoms with Gasteiger partial charge in [-0.3, -0.25) is 13.9 Å². The van der Waals surface area contributed by atoms with Crippen LogP contribution in [0.15, 0.2) is 77.7 Å². The maximum absolute atomic E-state index is 14.1. The zero-order valence-corrected chi connectivity index (χ0v) is 26.2. The molecule has 0 heterocycles. The molecule has 1 aliphatic rings. The van der Waals surface area contributed by atoms with Gasteiger partial charge in [0.25, 0.3) is 10.0 Å². The summed E-state index contributed by atoms with van der Waals surface area (Å²) in [7, 11) is -4.56. The molecule has 13 heteroatoms. The summed E-state index contributed by atoms with van der Waals surface area (Å²) in [5.41, 5.74) is -1.18. The Hall–Kier alpha value is -3.28. The predicted molar refractivity (Wildman–Crippen MR) is 164 cm³/mol. The molecule has 1 aliphatic carbocycles. The van der Waals surface area contributed by atoms with Crippen LogP contribution in [0.5, 0.6) is 0 Å². The molecule has 0 saturated heterocycles. The number of carbonyl (C=O) groups is 2. The summed E-state index contributed by atoms with van der Waals surface area (Å²) in [4.78, 5) is 28.4. The Morgan fingerprint density at radius 1 is 0.932 bits per heavy atom. The van der Waals surface area contributed by atoms with Crippen molar-refractivity contribution in [3.8, 4) is 0 Å². The third-order valence-electron chi connectivity index (χ3n) is 7.57. The fraction of sp³-hybridized carbons (Fsp3) is 0.355. The zero-order chi connectivity index (χ0) is 32.1. The van der Waals surface area contributed by atoms with Crippen LogP contribution in [0.4, 0.5) is 18.9 Å². The van der Waals surface area contributed by atoms with Gasteiger partial charge in [-0.1, -0.05) is 78.9 Å². The standard InChI is InChI=1S/C31H32Cl2F3N3O4S/c1-21(30(41)37-23-11-4-2-5-12-23)38(19-22-10-8-9-15-27(22)32)29(40)20-39(44(42,43)25-13-6-3-7-14-25)24-16-17-28(33)26(18-24)31(34,35)36/h3,6-10,13-18,21,23H,2,4-5,11-12,19-20H2,1H3,(H,37,41). The van der Waals surface area contributed by atoms with Crippen molar-refractivity contribution in [2.75, 3.05) is 10.8 Å². The largest absolute Gasteiger partial charge is 0.417 e. The number of carbonyl (C=O) groups excluding carboxylic acids is 2. The first kappa shape index (κ1) is 33.6. The molecule has 0 aromatic heterocycles. The lowest BCUT2D eigenvalue weighted by atomic mass is 9.95. The van der Waals surface area contributed by atoms with Gasteiger partial charge in [0.05, 0.1) is 21.2 Å². The summed E-state index contributed by atoms with van der Waals surface area (Å²) in [6.45, 7) is 0.472. The van der Waals surface area contributed by atoms with Crippen molar-refractivity contribution in [1.29, 1.82) is 0 Å². The van der Waals surface area contributed by atoms with Crippen molar-refractivity contribution >= 4 is 50.7 Å². The highest BCUT2D eigenvalue weighted by atomic mass is 35.5. The van der Waals surface area contributed by atoms with Gasteiger partial charge in [0, 0.05) is 17.6 Å². The average Bonchev–Trinajstić information content (AvgIpc) is 2.99. The molecule has 1 unspecified atom stereocenters. The molecule has 7 nitrogen and oxygen atoms in total. The van der Waals surface area contributed by atoms with Crippen LogP contribution >= 0.6 is 23.2 Å². The second-order valence-corrected chi connectivity index (χ2v) is 13.3. The Labute approximate surface area is 265 Å². The molecule has 0 aliphatic heterocycles. The monoisotopic (exact) mass is 669 g/mol. The maximum atomic E-state index is 14.1. The lowest BCUT2D eigenvalue weighted by Crippen LogP contribution is -2.53. The number of amides is 2. The molecule has 1 saturated carbocycles. The van der Waals surface area contributed by atoms with Crippen LogP contribution in [0.25, 0.3) is 0 Å². The molecular formula is C31H32Cl2F3N3O4S. The summed E-state index contributed by atoms with van der Waals surface area (Å²) in [6, 6.07) is 15.2. The van der Waals surface area contributed by atoms with Crippen molar-refractivity contribution in [1.82, 2.24) is 10.2 Å². The predicted octanol–water partition coefficient (Wildman–Crippen LogP) is 7.07. The molecule has 3 aromatic carbocycles. The summed E-state index contributed by atoms with van der Waals surface area (Å²) in [5.74, 6) is -1.25. The molecule has 0 radical (unpaired) electrons. The molecule has 236 valence electrons. The van der Waals surface area contributed by atoms with Crippen molar-refractivity contribution in [3.05, 3.63) is 94.0 Å². The minimum Gasteiger partial charge on any atom is -0.352 e. The smallest absolute Gasteiger partial charge is 0.352 e. The van der Waals surface area contributed by atoms with Crippen LogP contribution in [0.2, 0.25) is 10.0 Å². The number of anilines is 1. The highest BCUT2D eigenvalue weighted by Gasteiger charge is 2.37. The van der Waals surface area contributed by atoms with Crippen molar-refractivity contribution in [3.63, 3.8) is 0 Å². The van der Waals surface area contributed by atoms with Gasteiger partial charge in [-0.15, -0.1) is 0 Å². The van der Waals surface area contributed by atoms with Crippen molar-refractivity contribution in [2.24, 2.45) is 0 Å². The Morgan fingerprint density at radius 2 is 1.57 bits per heavy atom. The average molecular weight is 671 g/mol. The number of rotatable bonds is 10. The number of halogens is 5. The molecular weight excluding hydrogens is 638 g/mol. The third-order valence-corrected chi connectivity index (χ3v) is 10.1. The molecule has 1 fully saturated rings. The van der Waals surface area contributed by atoms with Crippen LogP contribution < -0.4 is 9.62 Å². The van der Waals surface area contributed by atoms with E-state index in [-0.39, 0.29) is 17.5 Å². The quantitative estimate of drug-likeness (QED) is 0.250.